The minimum absolute atomic E-state index is 0.168. The number of para-hydroxylation sites is 1. The van der Waals surface area contributed by atoms with Gasteiger partial charge in [-0.2, -0.15) is 4.98 Å². The first-order valence-corrected chi connectivity index (χ1v) is 12.9. The highest BCUT2D eigenvalue weighted by molar-refractivity contribution is 6.03. The van der Waals surface area contributed by atoms with Crippen molar-refractivity contribution in [1.29, 1.82) is 0 Å². The fraction of sp³-hybridized carbons (Fsp3) is 0.276. The molecular weight excluding hydrogens is 495 g/mol. The molecule has 5 rings (SSSR count). The van der Waals surface area contributed by atoms with Crippen molar-refractivity contribution >= 4 is 50.9 Å². The number of hydrogen-bond donors (Lipinski definition) is 3. The van der Waals surface area contributed by atoms with Gasteiger partial charge in [-0.1, -0.05) is 18.2 Å². The van der Waals surface area contributed by atoms with Crippen molar-refractivity contribution in [2.45, 2.75) is 13.8 Å². The number of rotatable bonds is 9. The highest BCUT2D eigenvalue weighted by atomic mass is 19.1. The number of fused-ring (bicyclic) bond motifs is 2. The number of likely N-dealkylation sites (N-methyl/N-ethyl adjacent to an activating group) is 2. The number of hydrogen-bond acceptors (Lipinski definition) is 6. The fourth-order valence-electron chi connectivity index (χ4n) is 4.83. The number of aryl methyl sites for hydroxylation is 1. The van der Waals surface area contributed by atoms with Crippen LogP contribution in [0.3, 0.4) is 0 Å². The molecule has 5 aromatic rings. The van der Waals surface area contributed by atoms with Crippen LogP contribution in [0.1, 0.15) is 13.8 Å². The van der Waals surface area contributed by atoms with Gasteiger partial charge in [-0.05, 0) is 39.2 Å². The summed E-state index contributed by atoms with van der Waals surface area (Å²) in [6.45, 7) is 5.58. The zero-order valence-electron chi connectivity index (χ0n) is 22.8. The van der Waals surface area contributed by atoms with Crippen LogP contribution in [-0.2, 0) is 11.8 Å². The van der Waals surface area contributed by atoms with Gasteiger partial charge in [0.1, 0.15) is 11.5 Å². The first-order chi connectivity index (χ1) is 18.7. The molecule has 10 heteroatoms. The molecule has 3 N–H and O–H groups in total. The first kappa shape index (κ1) is 26.2. The molecule has 3 aromatic heterocycles. The quantitative estimate of drug-likeness (QED) is 0.239. The third kappa shape index (κ3) is 5.28. The number of nitrogens with zero attached hydrogens (tertiary/aromatic N) is 5. The summed E-state index contributed by atoms with van der Waals surface area (Å²) < 4.78 is 17.6. The van der Waals surface area contributed by atoms with E-state index in [1.807, 2.05) is 63.6 Å². The summed E-state index contributed by atoms with van der Waals surface area (Å²) in [6.07, 6.45) is 3.86. The van der Waals surface area contributed by atoms with Crippen LogP contribution in [0.4, 0.5) is 27.4 Å². The Morgan fingerprint density at radius 2 is 1.87 bits per heavy atom. The summed E-state index contributed by atoms with van der Waals surface area (Å²) >= 11 is 0. The molecular formula is C29H33FN8O. The average molecular weight is 529 g/mol. The van der Waals surface area contributed by atoms with E-state index in [9.17, 15) is 4.79 Å². The summed E-state index contributed by atoms with van der Waals surface area (Å²) in [5.74, 6) is -0.461. The van der Waals surface area contributed by atoms with E-state index < -0.39 is 5.82 Å². The molecule has 0 saturated heterocycles. The summed E-state index contributed by atoms with van der Waals surface area (Å²) in [4.78, 5) is 28.7. The smallest absolute Gasteiger partial charge is 0.229 e. The molecule has 0 aliphatic carbocycles. The van der Waals surface area contributed by atoms with Gasteiger partial charge in [-0.25, -0.2) is 9.37 Å². The zero-order chi connectivity index (χ0) is 27.7. The van der Waals surface area contributed by atoms with Gasteiger partial charge in [0.25, 0.3) is 0 Å². The minimum atomic E-state index is -0.468. The third-order valence-corrected chi connectivity index (χ3v) is 6.75. The lowest BCUT2D eigenvalue weighted by atomic mass is 10.1. The maximum Gasteiger partial charge on any atom is 0.229 e. The number of amides is 1. The Bertz CT molecular complexity index is 1650. The van der Waals surface area contributed by atoms with Crippen LogP contribution in [-0.4, -0.2) is 64.1 Å². The SMILES string of the molecule is CCN(CCN(C)C)c1cc(F)c(Nc2nc(-c3cn(C)c4ccccc34)c3cc[nH]c3n2)cc1NC(C)=O. The molecule has 0 bridgehead atoms. The van der Waals surface area contributed by atoms with Crippen LogP contribution in [0.15, 0.2) is 54.9 Å². The van der Waals surface area contributed by atoms with Gasteiger partial charge >= 0.3 is 0 Å². The second kappa shape index (κ2) is 10.7. The Kier molecular flexibility index (Phi) is 7.21. The number of carbonyl (C=O) groups excluding carboxylic acids is 1. The zero-order valence-corrected chi connectivity index (χ0v) is 22.8. The van der Waals surface area contributed by atoms with Crippen molar-refractivity contribution in [3.05, 3.63) is 60.7 Å². The number of carbonyl (C=O) groups is 1. The summed E-state index contributed by atoms with van der Waals surface area (Å²) in [6, 6.07) is 13.1. The molecule has 0 aliphatic heterocycles. The number of anilines is 4. The number of H-pyrrole nitrogens is 1. The van der Waals surface area contributed by atoms with E-state index in [1.54, 1.807) is 6.07 Å². The molecule has 2 aromatic carbocycles. The molecule has 202 valence electrons. The van der Waals surface area contributed by atoms with Gasteiger partial charge in [0.2, 0.25) is 11.9 Å². The van der Waals surface area contributed by atoms with Crippen molar-refractivity contribution < 1.29 is 9.18 Å². The standard InChI is InChI=1S/C29H33FN8O/c1-6-38(14-13-36(3)4)26-15-22(30)23(16-24(26)32-18(2)39)33-29-34-27(20-11-12-31-28(20)35-29)21-17-37(5)25-10-8-7-9-19(21)25/h7-12,15-17H,6,13-14H2,1-5H3,(H,32,39)(H2,31,33,34,35). The van der Waals surface area contributed by atoms with Crippen LogP contribution < -0.4 is 15.5 Å². The molecule has 9 nitrogen and oxygen atoms in total. The van der Waals surface area contributed by atoms with Gasteiger partial charge in [-0.15, -0.1) is 0 Å². The number of aromatic amines is 1. The normalized spacial score (nSPS) is 11.5. The van der Waals surface area contributed by atoms with E-state index in [0.717, 1.165) is 34.1 Å². The van der Waals surface area contributed by atoms with Crippen molar-refractivity contribution in [3.8, 4) is 11.3 Å². The Balaban J connectivity index is 1.57. The summed E-state index contributed by atoms with van der Waals surface area (Å²) in [5.41, 5.74) is 4.71. The van der Waals surface area contributed by atoms with Crippen LogP contribution in [0.25, 0.3) is 33.2 Å². The fourth-order valence-corrected chi connectivity index (χ4v) is 4.83. The molecule has 39 heavy (non-hydrogen) atoms. The maximum absolute atomic E-state index is 15.6. The van der Waals surface area contributed by atoms with Crippen LogP contribution in [0, 0.1) is 5.82 Å². The van der Waals surface area contributed by atoms with Crippen molar-refractivity contribution in [3.63, 3.8) is 0 Å². The van der Waals surface area contributed by atoms with E-state index in [-0.39, 0.29) is 17.5 Å². The molecule has 0 saturated carbocycles. The van der Waals surface area contributed by atoms with E-state index in [2.05, 4.69) is 42.2 Å². The van der Waals surface area contributed by atoms with Crippen molar-refractivity contribution in [2.24, 2.45) is 7.05 Å². The topological polar surface area (TPSA) is 94.1 Å². The largest absolute Gasteiger partial charge is 0.369 e. The van der Waals surface area contributed by atoms with E-state index in [0.29, 0.717) is 30.1 Å². The van der Waals surface area contributed by atoms with Crippen LogP contribution in [0.2, 0.25) is 0 Å². The van der Waals surface area contributed by atoms with E-state index in [1.165, 1.54) is 13.0 Å². The first-order valence-electron chi connectivity index (χ1n) is 12.9. The molecule has 0 atom stereocenters. The highest BCUT2D eigenvalue weighted by Crippen LogP contribution is 2.36. The van der Waals surface area contributed by atoms with Gasteiger partial charge in [0.15, 0.2) is 0 Å². The predicted octanol–water partition coefficient (Wildman–Crippen LogP) is 5.35. The Labute approximate surface area is 226 Å². The van der Waals surface area contributed by atoms with Gasteiger partial charge in [0, 0.05) is 73.9 Å². The Hall–Kier alpha value is -4.44. The van der Waals surface area contributed by atoms with Crippen molar-refractivity contribution in [2.75, 3.05) is 49.3 Å². The highest BCUT2D eigenvalue weighted by Gasteiger charge is 2.19. The lowest BCUT2D eigenvalue weighted by molar-refractivity contribution is -0.114. The number of aromatic nitrogens is 4. The second-order valence-corrected chi connectivity index (χ2v) is 9.84. The molecule has 0 unspecified atom stereocenters. The van der Waals surface area contributed by atoms with Crippen molar-refractivity contribution in [1.82, 2.24) is 24.4 Å². The monoisotopic (exact) mass is 528 g/mol. The lowest BCUT2D eigenvalue weighted by Crippen LogP contribution is -2.32. The molecule has 0 spiro atoms. The molecule has 0 aliphatic rings. The van der Waals surface area contributed by atoms with Gasteiger partial charge in [0.05, 0.1) is 22.8 Å². The molecule has 1 amide bonds. The molecule has 0 fully saturated rings. The molecule has 3 heterocycles. The summed E-state index contributed by atoms with van der Waals surface area (Å²) in [5, 5.41) is 7.86. The summed E-state index contributed by atoms with van der Waals surface area (Å²) in [7, 11) is 5.98. The van der Waals surface area contributed by atoms with E-state index >= 15 is 4.39 Å². The van der Waals surface area contributed by atoms with E-state index in [4.69, 9.17) is 4.98 Å². The maximum atomic E-state index is 15.6. The number of nitrogens with one attached hydrogen (secondary N) is 3. The average Bonchev–Trinajstić information content (AvgIpc) is 3.50. The predicted molar refractivity (Wildman–Crippen MR) is 156 cm³/mol. The number of benzene rings is 2. The Morgan fingerprint density at radius 3 is 2.62 bits per heavy atom. The number of halogens is 1. The van der Waals surface area contributed by atoms with Gasteiger partial charge < -0.3 is 30.0 Å². The third-order valence-electron chi connectivity index (χ3n) is 6.75. The minimum Gasteiger partial charge on any atom is -0.369 e. The molecule has 0 radical (unpaired) electrons. The lowest BCUT2D eigenvalue weighted by Gasteiger charge is -2.27. The second-order valence-electron chi connectivity index (χ2n) is 9.84. The van der Waals surface area contributed by atoms with Crippen LogP contribution >= 0.6 is 0 Å². The van der Waals surface area contributed by atoms with Crippen LogP contribution in [0.5, 0.6) is 0 Å². The Morgan fingerprint density at radius 1 is 1.08 bits per heavy atom. The van der Waals surface area contributed by atoms with Gasteiger partial charge in [-0.3, -0.25) is 4.79 Å².